The zero-order valence-electron chi connectivity index (χ0n) is 10.9. The average molecular weight is 266 g/mol. The topological polar surface area (TPSA) is 63.8 Å². The monoisotopic (exact) mass is 266 g/mol. The lowest BCUT2D eigenvalue weighted by Crippen LogP contribution is -2.18. The maximum Gasteiger partial charge on any atom is 0.213 e. The van der Waals surface area contributed by atoms with Crippen molar-refractivity contribution in [2.75, 3.05) is 6.54 Å². The van der Waals surface area contributed by atoms with Crippen molar-refractivity contribution in [3.05, 3.63) is 28.3 Å². The summed E-state index contributed by atoms with van der Waals surface area (Å²) in [6.07, 6.45) is 2.12. The Hall–Kier alpha value is -1.27. The van der Waals surface area contributed by atoms with Crippen molar-refractivity contribution < 1.29 is 4.52 Å². The molecule has 0 fully saturated rings. The lowest BCUT2D eigenvalue weighted by molar-refractivity contribution is 0.409. The number of thiazole rings is 1. The maximum atomic E-state index is 4.67. The molecular weight excluding hydrogens is 248 g/mol. The number of aromatic nitrogens is 3. The molecule has 0 unspecified atom stereocenters. The maximum absolute atomic E-state index is 4.67. The quantitative estimate of drug-likeness (QED) is 0.840. The van der Waals surface area contributed by atoms with Gasteiger partial charge in [-0.1, -0.05) is 25.9 Å². The molecule has 0 aliphatic heterocycles. The highest BCUT2D eigenvalue weighted by Crippen LogP contribution is 2.25. The van der Waals surface area contributed by atoms with Gasteiger partial charge in [0.15, 0.2) is 5.82 Å². The normalized spacial score (nSPS) is 11.9. The van der Waals surface area contributed by atoms with Crippen molar-refractivity contribution in [2.24, 2.45) is 0 Å². The van der Waals surface area contributed by atoms with Gasteiger partial charge >= 0.3 is 0 Å². The predicted octanol–water partition coefficient (Wildman–Crippen LogP) is 2.16. The van der Waals surface area contributed by atoms with Crippen LogP contribution in [-0.2, 0) is 18.4 Å². The molecule has 5 nitrogen and oxygen atoms in total. The standard InChI is InChI=1S/C12H18N4OS/c1-12(2,3)11-15-9(7-18-11)6-13-5-4-10-14-8-17-16-10/h7-8,13H,4-6H2,1-3H3. The van der Waals surface area contributed by atoms with E-state index in [-0.39, 0.29) is 5.41 Å². The van der Waals surface area contributed by atoms with Crippen molar-refractivity contribution in [1.82, 2.24) is 20.4 Å². The number of nitrogens with zero attached hydrogens (tertiary/aromatic N) is 3. The molecule has 0 spiro atoms. The molecule has 0 radical (unpaired) electrons. The van der Waals surface area contributed by atoms with E-state index in [0.29, 0.717) is 0 Å². The van der Waals surface area contributed by atoms with E-state index in [1.54, 1.807) is 11.3 Å². The van der Waals surface area contributed by atoms with Crippen LogP contribution in [0.5, 0.6) is 0 Å². The van der Waals surface area contributed by atoms with Gasteiger partial charge in [0.25, 0.3) is 0 Å². The first-order chi connectivity index (χ1) is 8.55. The highest BCUT2D eigenvalue weighted by Gasteiger charge is 2.17. The van der Waals surface area contributed by atoms with Crippen LogP contribution in [0.1, 0.15) is 37.3 Å². The van der Waals surface area contributed by atoms with Crippen LogP contribution in [0.25, 0.3) is 0 Å². The fraction of sp³-hybridized carbons (Fsp3) is 0.583. The molecule has 2 aromatic rings. The van der Waals surface area contributed by atoms with Gasteiger partial charge in [0, 0.05) is 30.3 Å². The second kappa shape index (κ2) is 5.58. The van der Waals surface area contributed by atoms with Crippen molar-refractivity contribution in [2.45, 2.75) is 39.2 Å². The van der Waals surface area contributed by atoms with Crippen molar-refractivity contribution in [3.63, 3.8) is 0 Å². The van der Waals surface area contributed by atoms with Gasteiger partial charge in [-0.2, -0.15) is 4.98 Å². The molecule has 0 bridgehead atoms. The first-order valence-electron chi connectivity index (χ1n) is 5.96. The molecule has 0 aromatic carbocycles. The molecule has 18 heavy (non-hydrogen) atoms. The Kier molecular flexibility index (Phi) is 4.08. The summed E-state index contributed by atoms with van der Waals surface area (Å²) in [5.41, 5.74) is 1.23. The zero-order valence-corrected chi connectivity index (χ0v) is 11.8. The number of hydrogen-bond donors (Lipinski definition) is 1. The van der Waals surface area contributed by atoms with Crippen LogP contribution >= 0.6 is 11.3 Å². The molecule has 98 valence electrons. The Morgan fingerprint density at radius 3 is 2.83 bits per heavy atom. The van der Waals surface area contributed by atoms with Gasteiger partial charge in [0.2, 0.25) is 6.39 Å². The second-order valence-electron chi connectivity index (χ2n) is 5.17. The fourth-order valence-corrected chi connectivity index (χ4v) is 2.36. The van der Waals surface area contributed by atoms with E-state index >= 15 is 0 Å². The average Bonchev–Trinajstić information content (AvgIpc) is 2.95. The van der Waals surface area contributed by atoms with E-state index in [4.69, 9.17) is 0 Å². The summed E-state index contributed by atoms with van der Waals surface area (Å²) in [5.74, 6) is 0.733. The van der Waals surface area contributed by atoms with E-state index in [0.717, 1.165) is 31.0 Å². The fourth-order valence-electron chi connectivity index (χ4n) is 1.45. The molecule has 6 heteroatoms. The van der Waals surface area contributed by atoms with E-state index in [1.807, 2.05) is 0 Å². The molecule has 0 aliphatic carbocycles. The van der Waals surface area contributed by atoms with Crippen LogP contribution in [0.3, 0.4) is 0 Å². The summed E-state index contributed by atoms with van der Waals surface area (Å²) in [7, 11) is 0. The minimum absolute atomic E-state index is 0.132. The van der Waals surface area contributed by atoms with E-state index in [2.05, 4.69) is 51.1 Å². The summed E-state index contributed by atoms with van der Waals surface area (Å²) in [6, 6.07) is 0. The minimum atomic E-state index is 0.132. The third-order valence-corrected chi connectivity index (χ3v) is 3.75. The van der Waals surface area contributed by atoms with E-state index in [1.165, 1.54) is 11.4 Å². The van der Waals surface area contributed by atoms with Gasteiger partial charge in [0.1, 0.15) is 0 Å². The molecule has 1 N–H and O–H groups in total. The van der Waals surface area contributed by atoms with Crippen LogP contribution in [0, 0.1) is 0 Å². The molecule has 2 aromatic heterocycles. The second-order valence-corrected chi connectivity index (χ2v) is 6.03. The summed E-state index contributed by atoms with van der Waals surface area (Å²) >= 11 is 1.72. The van der Waals surface area contributed by atoms with Gasteiger partial charge in [-0.25, -0.2) is 4.98 Å². The summed E-state index contributed by atoms with van der Waals surface area (Å²) in [5, 5.41) is 10.4. The number of hydrogen-bond acceptors (Lipinski definition) is 6. The molecule has 2 heterocycles. The number of nitrogens with one attached hydrogen (secondary N) is 1. The van der Waals surface area contributed by atoms with Crippen molar-refractivity contribution in [1.29, 1.82) is 0 Å². The van der Waals surface area contributed by atoms with E-state index < -0.39 is 0 Å². The van der Waals surface area contributed by atoms with Crippen LogP contribution in [0.4, 0.5) is 0 Å². The highest BCUT2D eigenvalue weighted by molar-refractivity contribution is 7.09. The smallest absolute Gasteiger partial charge is 0.213 e. The van der Waals surface area contributed by atoms with Crippen LogP contribution in [-0.4, -0.2) is 21.7 Å². The first-order valence-corrected chi connectivity index (χ1v) is 6.84. The van der Waals surface area contributed by atoms with Gasteiger partial charge in [0.05, 0.1) is 10.7 Å². The minimum Gasteiger partial charge on any atom is -0.343 e. The molecule has 0 saturated carbocycles. The van der Waals surface area contributed by atoms with Gasteiger partial charge in [-0.3, -0.25) is 0 Å². The zero-order chi connectivity index (χ0) is 13.0. The lowest BCUT2D eigenvalue weighted by Gasteiger charge is -2.13. The first kappa shape index (κ1) is 13.2. The van der Waals surface area contributed by atoms with Crippen molar-refractivity contribution in [3.8, 4) is 0 Å². The third-order valence-electron chi connectivity index (χ3n) is 2.43. The molecule has 0 atom stereocenters. The van der Waals surface area contributed by atoms with Gasteiger partial charge in [-0.05, 0) is 0 Å². The SMILES string of the molecule is CC(C)(C)c1nc(CNCCc2ncon2)cs1. The molecule has 0 saturated heterocycles. The van der Waals surface area contributed by atoms with Crippen molar-refractivity contribution >= 4 is 11.3 Å². The summed E-state index contributed by atoms with van der Waals surface area (Å²) in [4.78, 5) is 8.59. The largest absolute Gasteiger partial charge is 0.343 e. The summed E-state index contributed by atoms with van der Waals surface area (Å²) in [6.45, 7) is 8.14. The van der Waals surface area contributed by atoms with Gasteiger partial charge in [-0.15, -0.1) is 11.3 Å². The third kappa shape index (κ3) is 3.61. The molecule has 2 rings (SSSR count). The Morgan fingerprint density at radius 2 is 2.22 bits per heavy atom. The molecule has 0 aliphatic rings. The highest BCUT2D eigenvalue weighted by atomic mass is 32.1. The summed E-state index contributed by atoms with van der Waals surface area (Å²) < 4.78 is 4.67. The number of rotatable bonds is 5. The Morgan fingerprint density at radius 1 is 1.39 bits per heavy atom. The Labute approximate surface area is 111 Å². The predicted molar refractivity (Wildman–Crippen MR) is 70.5 cm³/mol. The van der Waals surface area contributed by atoms with Crippen LogP contribution in [0.15, 0.2) is 16.3 Å². The molecule has 0 amide bonds. The Bertz CT molecular complexity index is 472. The van der Waals surface area contributed by atoms with Crippen LogP contribution < -0.4 is 5.32 Å². The van der Waals surface area contributed by atoms with E-state index in [9.17, 15) is 0 Å². The van der Waals surface area contributed by atoms with Crippen LogP contribution in [0.2, 0.25) is 0 Å². The van der Waals surface area contributed by atoms with Gasteiger partial charge < -0.3 is 9.84 Å². The molecular formula is C12H18N4OS. The lowest BCUT2D eigenvalue weighted by atomic mass is 9.98. The Balaban J connectivity index is 1.75.